The summed E-state index contributed by atoms with van der Waals surface area (Å²) in [6.07, 6.45) is 1.84. The van der Waals surface area contributed by atoms with E-state index in [9.17, 15) is 0 Å². The van der Waals surface area contributed by atoms with Crippen LogP contribution >= 0.6 is 0 Å². The Hall–Kier alpha value is -0.120. The molecule has 3 nitrogen and oxygen atoms in total. The number of hydrogen-bond acceptors (Lipinski definition) is 3. The number of nitrogens with two attached hydrogens (primary N) is 1. The van der Waals surface area contributed by atoms with E-state index in [4.69, 9.17) is 15.2 Å². The normalized spacial score (nSPS) is 14.8. The van der Waals surface area contributed by atoms with Gasteiger partial charge in [0.25, 0.3) is 0 Å². The molecule has 0 radical (unpaired) electrons. The first-order chi connectivity index (χ1) is 5.66. The summed E-state index contributed by atoms with van der Waals surface area (Å²) in [5.41, 5.74) is 5.73. The van der Waals surface area contributed by atoms with E-state index in [0.29, 0.717) is 6.61 Å². The lowest BCUT2D eigenvalue weighted by atomic mass is 9.89. The molecule has 0 aliphatic rings. The predicted molar refractivity (Wildman–Crippen MR) is 50.2 cm³/mol. The molecule has 0 aromatic carbocycles. The maximum atomic E-state index is 5.94. The molecule has 0 bridgehead atoms. The molecule has 1 atom stereocenters. The highest BCUT2D eigenvalue weighted by molar-refractivity contribution is 4.88. The molecule has 0 aliphatic carbocycles. The molecule has 0 rings (SSSR count). The summed E-state index contributed by atoms with van der Waals surface area (Å²) in [4.78, 5) is 0. The monoisotopic (exact) mass is 175 g/mol. The van der Waals surface area contributed by atoms with Gasteiger partial charge in [-0.3, -0.25) is 0 Å². The Labute approximate surface area is 75.2 Å². The lowest BCUT2D eigenvalue weighted by Gasteiger charge is -2.35. The summed E-state index contributed by atoms with van der Waals surface area (Å²) in [7, 11) is 3.37. The summed E-state index contributed by atoms with van der Waals surface area (Å²) in [6, 6.07) is -0.0394. The summed E-state index contributed by atoms with van der Waals surface area (Å²) < 4.78 is 10.5. The first-order valence-corrected chi connectivity index (χ1v) is 4.46. The van der Waals surface area contributed by atoms with E-state index < -0.39 is 0 Å². The van der Waals surface area contributed by atoms with Crippen molar-refractivity contribution < 1.29 is 9.47 Å². The lowest BCUT2D eigenvalue weighted by Crippen LogP contribution is -2.51. The van der Waals surface area contributed by atoms with Crippen molar-refractivity contribution in [1.82, 2.24) is 0 Å². The third-order valence-electron chi connectivity index (χ3n) is 2.63. The van der Waals surface area contributed by atoms with Crippen LogP contribution in [0.15, 0.2) is 0 Å². The number of ether oxygens (including phenoxy) is 2. The van der Waals surface area contributed by atoms with Gasteiger partial charge in [0.05, 0.1) is 18.2 Å². The molecule has 0 aromatic rings. The van der Waals surface area contributed by atoms with Gasteiger partial charge >= 0.3 is 0 Å². The maximum absolute atomic E-state index is 5.94. The van der Waals surface area contributed by atoms with Gasteiger partial charge in [-0.05, 0) is 12.8 Å². The summed E-state index contributed by atoms with van der Waals surface area (Å²) in [5.74, 6) is 0. The molecule has 0 amide bonds. The van der Waals surface area contributed by atoms with E-state index in [1.807, 2.05) is 0 Å². The van der Waals surface area contributed by atoms with Crippen LogP contribution in [0.4, 0.5) is 0 Å². The topological polar surface area (TPSA) is 44.5 Å². The van der Waals surface area contributed by atoms with Gasteiger partial charge in [-0.15, -0.1) is 0 Å². The average Bonchev–Trinajstić information content (AvgIpc) is 2.09. The van der Waals surface area contributed by atoms with Crippen LogP contribution in [0.5, 0.6) is 0 Å². The van der Waals surface area contributed by atoms with Crippen molar-refractivity contribution in [2.75, 3.05) is 20.8 Å². The van der Waals surface area contributed by atoms with Crippen LogP contribution in [-0.2, 0) is 9.47 Å². The molecule has 0 aliphatic heterocycles. The first kappa shape index (κ1) is 11.9. The highest BCUT2D eigenvalue weighted by Crippen LogP contribution is 2.22. The second-order valence-electron chi connectivity index (χ2n) is 3.04. The fraction of sp³-hybridized carbons (Fsp3) is 1.00. The van der Waals surface area contributed by atoms with E-state index in [0.717, 1.165) is 12.8 Å². The standard InChI is InChI=1S/C9H21NO2/c1-5-9(6-2,12-4)8(10)7-11-3/h8H,5-7,10H2,1-4H3. The first-order valence-electron chi connectivity index (χ1n) is 4.46. The van der Waals surface area contributed by atoms with Crippen LogP contribution in [0.2, 0.25) is 0 Å². The zero-order valence-electron chi connectivity index (χ0n) is 8.59. The second kappa shape index (κ2) is 5.51. The van der Waals surface area contributed by atoms with Crippen molar-refractivity contribution in [3.63, 3.8) is 0 Å². The molecular formula is C9H21NO2. The Morgan fingerprint density at radius 2 is 1.75 bits per heavy atom. The second-order valence-corrected chi connectivity index (χ2v) is 3.04. The summed E-state index contributed by atoms with van der Waals surface area (Å²) >= 11 is 0. The highest BCUT2D eigenvalue weighted by Gasteiger charge is 2.32. The van der Waals surface area contributed by atoms with Crippen molar-refractivity contribution in [3.8, 4) is 0 Å². The molecule has 74 valence electrons. The third kappa shape index (κ3) is 2.44. The van der Waals surface area contributed by atoms with Crippen LogP contribution in [0.3, 0.4) is 0 Å². The minimum atomic E-state index is -0.212. The highest BCUT2D eigenvalue weighted by atomic mass is 16.5. The van der Waals surface area contributed by atoms with Crippen molar-refractivity contribution in [2.45, 2.75) is 38.3 Å². The van der Waals surface area contributed by atoms with E-state index in [2.05, 4.69) is 13.8 Å². The Morgan fingerprint density at radius 1 is 1.25 bits per heavy atom. The van der Waals surface area contributed by atoms with Crippen LogP contribution in [0.1, 0.15) is 26.7 Å². The zero-order chi connectivity index (χ0) is 9.61. The molecule has 0 fully saturated rings. The number of methoxy groups -OCH3 is 2. The van der Waals surface area contributed by atoms with Gasteiger partial charge in [-0.25, -0.2) is 0 Å². The molecular weight excluding hydrogens is 154 g/mol. The summed E-state index contributed by atoms with van der Waals surface area (Å²) in [5, 5.41) is 0. The van der Waals surface area contributed by atoms with Crippen molar-refractivity contribution in [3.05, 3.63) is 0 Å². The van der Waals surface area contributed by atoms with E-state index >= 15 is 0 Å². The van der Waals surface area contributed by atoms with Gasteiger partial charge in [-0.2, -0.15) is 0 Å². The van der Waals surface area contributed by atoms with Gasteiger partial charge < -0.3 is 15.2 Å². The minimum absolute atomic E-state index is 0.0394. The Bertz CT molecular complexity index is 105. The molecule has 2 N–H and O–H groups in total. The molecule has 0 heterocycles. The van der Waals surface area contributed by atoms with Crippen molar-refractivity contribution >= 4 is 0 Å². The number of hydrogen-bond donors (Lipinski definition) is 1. The van der Waals surface area contributed by atoms with Crippen molar-refractivity contribution in [2.24, 2.45) is 5.73 Å². The van der Waals surface area contributed by atoms with Crippen molar-refractivity contribution in [1.29, 1.82) is 0 Å². The molecule has 0 saturated heterocycles. The molecule has 0 saturated carbocycles. The zero-order valence-corrected chi connectivity index (χ0v) is 8.59. The van der Waals surface area contributed by atoms with Crippen LogP contribution < -0.4 is 5.73 Å². The fourth-order valence-corrected chi connectivity index (χ4v) is 1.55. The van der Waals surface area contributed by atoms with Crippen LogP contribution in [0.25, 0.3) is 0 Å². The van der Waals surface area contributed by atoms with Gasteiger partial charge in [0.1, 0.15) is 0 Å². The Morgan fingerprint density at radius 3 is 2.00 bits per heavy atom. The lowest BCUT2D eigenvalue weighted by molar-refractivity contribution is -0.0539. The minimum Gasteiger partial charge on any atom is -0.383 e. The third-order valence-corrected chi connectivity index (χ3v) is 2.63. The summed E-state index contributed by atoms with van der Waals surface area (Å²) in [6.45, 7) is 4.72. The van der Waals surface area contributed by atoms with Crippen LogP contribution in [0, 0.1) is 0 Å². The van der Waals surface area contributed by atoms with E-state index in [-0.39, 0.29) is 11.6 Å². The van der Waals surface area contributed by atoms with Gasteiger partial charge in [-0.1, -0.05) is 13.8 Å². The van der Waals surface area contributed by atoms with Crippen LogP contribution in [-0.4, -0.2) is 32.5 Å². The molecule has 0 aromatic heterocycles. The predicted octanol–water partition coefficient (Wildman–Crippen LogP) is 1.17. The maximum Gasteiger partial charge on any atom is 0.0846 e. The average molecular weight is 175 g/mol. The van der Waals surface area contributed by atoms with E-state index in [1.165, 1.54) is 0 Å². The smallest absolute Gasteiger partial charge is 0.0846 e. The quantitative estimate of drug-likeness (QED) is 0.659. The fourth-order valence-electron chi connectivity index (χ4n) is 1.55. The molecule has 12 heavy (non-hydrogen) atoms. The van der Waals surface area contributed by atoms with E-state index in [1.54, 1.807) is 14.2 Å². The molecule has 0 spiro atoms. The van der Waals surface area contributed by atoms with Gasteiger partial charge in [0.2, 0.25) is 0 Å². The van der Waals surface area contributed by atoms with Gasteiger partial charge in [0, 0.05) is 14.2 Å². The Balaban J connectivity index is 4.24. The Kier molecular flexibility index (Phi) is 5.46. The largest absolute Gasteiger partial charge is 0.383 e. The number of rotatable bonds is 6. The molecule has 3 heteroatoms. The molecule has 1 unspecified atom stereocenters. The SMILES string of the molecule is CCC(CC)(OC)C(N)COC. The van der Waals surface area contributed by atoms with Gasteiger partial charge in [0.15, 0.2) is 0 Å².